The second-order valence-corrected chi connectivity index (χ2v) is 10.1. The Morgan fingerprint density at radius 3 is 2.50 bits per heavy atom. The molecule has 5 nitrogen and oxygen atoms in total. The van der Waals surface area contributed by atoms with Crippen LogP contribution in [0.5, 0.6) is 0 Å². The highest BCUT2D eigenvalue weighted by atomic mass is 35.5. The Morgan fingerprint density at radius 1 is 0.967 bits per heavy atom. The van der Waals surface area contributed by atoms with Crippen molar-refractivity contribution in [1.82, 2.24) is 4.31 Å². The summed E-state index contributed by atoms with van der Waals surface area (Å²) >= 11 is 11.9. The number of rotatable bonds is 4. The van der Waals surface area contributed by atoms with Crippen LogP contribution in [-0.2, 0) is 14.8 Å². The lowest BCUT2D eigenvalue weighted by Crippen LogP contribution is -2.43. The van der Waals surface area contributed by atoms with Gasteiger partial charge in [-0.2, -0.15) is 4.31 Å². The maximum atomic E-state index is 13.2. The minimum Gasteiger partial charge on any atom is -0.326 e. The summed E-state index contributed by atoms with van der Waals surface area (Å²) < 4.78 is 27.8. The number of sulfonamides is 1. The van der Waals surface area contributed by atoms with Gasteiger partial charge in [-0.3, -0.25) is 4.79 Å². The molecule has 0 aliphatic carbocycles. The predicted octanol–water partition coefficient (Wildman–Crippen LogP) is 5.19. The number of nitrogens with one attached hydrogen (secondary N) is 1. The van der Waals surface area contributed by atoms with Crippen molar-refractivity contribution in [3.8, 4) is 0 Å². The van der Waals surface area contributed by atoms with Crippen molar-refractivity contribution in [2.45, 2.75) is 17.7 Å². The number of amides is 1. The molecule has 8 heteroatoms. The Hall–Kier alpha value is -2.12. The summed E-state index contributed by atoms with van der Waals surface area (Å²) in [4.78, 5) is 13.0. The van der Waals surface area contributed by atoms with Gasteiger partial charge in [0, 0.05) is 18.8 Å². The van der Waals surface area contributed by atoms with E-state index in [0.29, 0.717) is 35.1 Å². The van der Waals surface area contributed by atoms with E-state index in [1.807, 2.05) is 24.3 Å². The fourth-order valence-electron chi connectivity index (χ4n) is 3.67. The van der Waals surface area contributed by atoms with Gasteiger partial charge >= 0.3 is 0 Å². The highest BCUT2D eigenvalue weighted by Gasteiger charge is 2.33. The van der Waals surface area contributed by atoms with Crippen LogP contribution in [0.25, 0.3) is 10.8 Å². The molecule has 0 bridgehead atoms. The average molecular weight is 463 g/mol. The fourth-order valence-corrected chi connectivity index (χ4v) is 5.53. The van der Waals surface area contributed by atoms with Gasteiger partial charge in [-0.1, -0.05) is 53.5 Å². The molecular formula is C22H20Cl2N2O3S. The van der Waals surface area contributed by atoms with Crippen LogP contribution in [0.1, 0.15) is 12.8 Å². The van der Waals surface area contributed by atoms with Gasteiger partial charge in [0.05, 0.1) is 20.9 Å². The third-order valence-electron chi connectivity index (χ3n) is 5.30. The molecular weight excluding hydrogens is 443 g/mol. The first kappa shape index (κ1) is 21.1. The number of hydrogen-bond acceptors (Lipinski definition) is 3. The SMILES string of the molecule is O=C(Nc1ccc(Cl)c(Cl)c1)[C@@H]1CCCN(S(=O)(=O)c2ccc3ccccc3c2)C1. The zero-order valence-corrected chi connectivity index (χ0v) is 18.3. The topological polar surface area (TPSA) is 66.5 Å². The largest absolute Gasteiger partial charge is 0.326 e. The van der Waals surface area contributed by atoms with Crippen LogP contribution in [0.4, 0.5) is 5.69 Å². The number of hydrogen-bond donors (Lipinski definition) is 1. The van der Waals surface area contributed by atoms with Gasteiger partial charge in [0.2, 0.25) is 15.9 Å². The van der Waals surface area contributed by atoms with Gasteiger partial charge in [0.15, 0.2) is 0 Å². The molecule has 4 rings (SSSR count). The summed E-state index contributed by atoms with van der Waals surface area (Å²) in [5, 5.41) is 5.41. The lowest BCUT2D eigenvalue weighted by atomic mass is 9.99. The van der Waals surface area contributed by atoms with E-state index in [1.165, 1.54) is 4.31 Å². The van der Waals surface area contributed by atoms with Crippen molar-refractivity contribution >= 4 is 55.6 Å². The van der Waals surface area contributed by atoms with Gasteiger partial charge in [0.25, 0.3) is 0 Å². The third-order valence-corrected chi connectivity index (χ3v) is 7.90. The molecule has 1 saturated heterocycles. The van der Waals surface area contributed by atoms with Crippen LogP contribution in [0.2, 0.25) is 10.0 Å². The van der Waals surface area contributed by atoms with E-state index in [9.17, 15) is 13.2 Å². The number of piperidine rings is 1. The maximum absolute atomic E-state index is 13.2. The van der Waals surface area contributed by atoms with Crippen LogP contribution in [0.15, 0.2) is 65.6 Å². The number of carbonyl (C=O) groups excluding carboxylic acids is 1. The second kappa shape index (κ2) is 8.55. The lowest BCUT2D eigenvalue weighted by Gasteiger charge is -2.31. The fraction of sp³-hybridized carbons (Fsp3) is 0.227. The summed E-state index contributed by atoms with van der Waals surface area (Å²) in [6.45, 7) is 0.536. The van der Waals surface area contributed by atoms with E-state index >= 15 is 0 Å². The smallest absolute Gasteiger partial charge is 0.243 e. The molecule has 0 aromatic heterocycles. The molecule has 1 aliphatic rings. The van der Waals surface area contributed by atoms with Crippen molar-refractivity contribution < 1.29 is 13.2 Å². The Morgan fingerprint density at radius 2 is 1.73 bits per heavy atom. The van der Waals surface area contributed by atoms with E-state index < -0.39 is 15.9 Å². The van der Waals surface area contributed by atoms with E-state index in [4.69, 9.17) is 23.2 Å². The van der Waals surface area contributed by atoms with Crippen molar-refractivity contribution in [2.24, 2.45) is 5.92 Å². The summed E-state index contributed by atoms with van der Waals surface area (Å²) in [5.74, 6) is -0.671. The van der Waals surface area contributed by atoms with E-state index in [0.717, 1.165) is 10.8 Å². The minimum absolute atomic E-state index is 0.141. The molecule has 0 spiro atoms. The summed E-state index contributed by atoms with van der Waals surface area (Å²) in [5.41, 5.74) is 0.531. The number of carbonyl (C=O) groups is 1. The molecule has 1 fully saturated rings. The minimum atomic E-state index is -3.69. The molecule has 1 N–H and O–H groups in total. The predicted molar refractivity (Wildman–Crippen MR) is 121 cm³/mol. The molecule has 30 heavy (non-hydrogen) atoms. The third kappa shape index (κ3) is 4.32. The van der Waals surface area contributed by atoms with Gasteiger partial charge in [-0.25, -0.2) is 8.42 Å². The first-order valence-electron chi connectivity index (χ1n) is 9.59. The molecule has 156 valence electrons. The molecule has 3 aromatic carbocycles. The van der Waals surface area contributed by atoms with Gasteiger partial charge in [-0.15, -0.1) is 0 Å². The number of nitrogens with zero attached hydrogens (tertiary/aromatic N) is 1. The number of benzene rings is 3. The van der Waals surface area contributed by atoms with Crippen molar-refractivity contribution in [3.05, 3.63) is 70.7 Å². The molecule has 1 aliphatic heterocycles. The molecule has 1 heterocycles. The molecule has 1 amide bonds. The lowest BCUT2D eigenvalue weighted by molar-refractivity contribution is -0.120. The summed E-state index contributed by atoms with van der Waals surface area (Å²) in [7, 11) is -3.69. The van der Waals surface area contributed by atoms with Crippen LogP contribution >= 0.6 is 23.2 Å². The maximum Gasteiger partial charge on any atom is 0.243 e. The standard InChI is InChI=1S/C22H20Cl2N2O3S/c23-20-10-8-18(13-21(20)24)25-22(27)17-6-3-11-26(14-17)30(28,29)19-9-7-15-4-1-2-5-16(15)12-19/h1-2,4-5,7-10,12-13,17H,3,6,11,14H2,(H,25,27)/t17-/m1/s1. The molecule has 0 saturated carbocycles. The summed E-state index contributed by atoms with van der Waals surface area (Å²) in [6.07, 6.45) is 1.24. The highest BCUT2D eigenvalue weighted by molar-refractivity contribution is 7.89. The summed E-state index contributed by atoms with van der Waals surface area (Å²) in [6, 6.07) is 17.6. The van der Waals surface area contributed by atoms with E-state index in [2.05, 4.69) is 5.32 Å². The Kier molecular flexibility index (Phi) is 6.02. The molecule has 0 radical (unpaired) electrons. The highest BCUT2D eigenvalue weighted by Crippen LogP contribution is 2.28. The molecule has 0 unspecified atom stereocenters. The van der Waals surface area contributed by atoms with Crippen molar-refractivity contribution in [2.75, 3.05) is 18.4 Å². The van der Waals surface area contributed by atoms with Crippen LogP contribution < -0.4 is 5.32 Å². The van der Waals surface area contributed by atoms with Crippen molar-refractivity contribution in [3.63, 3.8) is 0 Å². The Bertz CT molecular complexity index is 1210. The number of fused-ring (bicyclic) bond motifs is 1. The molecule has 1 atom stereocenters. The van der Waals surface area contributed by atoms with Gasteiger partial charge in [0.1, 0.15) is 0 Å². The monoisotopic (exact) mass is 462 g/mol. The number of anilines is 1. The first-order chi connectivity index (χ1) is 14.3. The van der Waals surface area contributed by atoms with Crippen LogP contribution in [0, 0.1) is 5.92 Å². The number of halogens is 2. The quantitative estimate of drug-likeness (QED) is 0.580. The van der Waals surface area contributed by atoms with Crippen LogP contribution in [0.3, 0.4) is 0 Å². The van der Waals surface area contributed by atoms with Gasteiger partial charge < -0.3 is 5.32 Å². The first-order valence-corrected chi connectivity index (χ1v) is 11.8. The average Bonchev–Trinajstić information content (AvgIpc) is 2.76. The van der Waals surface area contributed by atoms with E-state index in [-0.39, 0.29) is 17.3 Å². The van der Waals surface area contributed by atoms with Crippen molar-refractivity contribution in [1.29, 1.82) is 0 Å². The Labute approximate surface area is 185 Å². The zero-order chi connectivity index (χ0) is 21.3. The Balaban J connectivity index is 1.51. The molecule has 3 aromatic rings. The van der Waals surface area contributed by atoms with E-state index in [1.54, 1.807) is 36.4 Å². The van der Waals surface area contributed by atoms with Gasteiger partial charge in [-0.05, 0) is 53.9 Å². The normalized spacial score (nSPS) is 17.7. The second-order valence-electron chi connectivity index (χ2n) is 7.33. The zero-order valence-electron chi connectivity index (χ0n) is 16.0. The van der Waals surface area contributed by atoms with Crippen LogP contribution in [-0.4, -0.2) is 31.7 Å².